The second kappa shape index (κ2) is 6.36. The Morgan fingerprint density at radius 1 is 1.16 bits per heavy atom. The lowest BCUT2D eigenvalue weighted by molar-refractivity contribution is 0.280. The number of hydrogen-bond donors (Lipinski definition) is 0. The summed E-state index contributed by atoms with van der Waals surface area (Å²) in [6, 6.07) is 7.88. The zero-order valence-corrected chi connectivity index (χ0v) is 13.6. The van der Waals surface area contributed by atoms with Crippen LogP contribution in [-0.2, 0) is 13.1 Å². The van der Waals surface area contributed by atoms with E-state index in [0.29, 0.717) is 18.5 Å². The van der Waals surface area contributed by atoms with Crippen LogP contribution < -0.4 is 0 Å². The molecule has 4 rings (SSSR count). The lowest BCUT2D eigenvalue weighted by Crippen LogP contribution is -2.32. The van der Waals surface area contributed by atoms with Gasteiger partial charge in [0, 0.05) is 43.2 Å². The molecule has 5 nitrogen and oxygen atoms in total. The van der Waals surface area contributed by atoms with Gasteiger partial charge in [-0.25, -0.2) is 9.37 Å². The Hall–Kier alpha value is -3.20. The van der Waals surface area contributed by atoms with Crippen LogP contribution in [0.4, 0.5) is 4.39 Å². The van der Waals surface area contributed by atoms with Gasteiger partial charge in [-0.05, 0) is 30.4 Å². The highest BCUT2D eigenvalue weighted by molar-refractivity contribution is 5.53. The number of pyridine rings is 1. The van der Waals surface area contributed by atoms with Crippen molar-refractivity contribution in [2.24, 2.45) is 0 Å². The summed E-state index contributed by atoms with van der Waals surface area (Å²) in [7, 11) is 0. The summed E-state index contributed by atoms with van der Waals surface area (Å²) in [6.07, 6.45) is 8.78. The highest BCUT2D eigenvalue weighted by Crippen LogP contribution is 2.25. The van der Waals surface area contributed by atoms with Crippen LogP contribution in [0.3, 0.4) is 0 Å². The summed E-state index contributed by atoms with van der Waals surface area (Å²) in [5, 5.41) is 9.17. The maximum atomic E-state index is 13.9. The van der Waals surface area contributed by atoms with E-state index in [1.807, 2.05) is 24.4 Å². The monoisotopic (exact) mass is 333 g/mol. The Morgan fingerprint density at radius 3 is 2.88 bits per heavy atom. The minimum Gasteiger partial charge on any atom is -0.362 e. The van der Waals surface area contributed by atoms with Crippen molar-refractivity contribution in [1.82, 2.24) is 19.4 Å². The molecule has 2 aliphatic rings. The zero-order valence-electron chi connectivity index (χ0n) is 13.6. The van der Waals surface area contributed by atoms with Crippen molar-refractivity contribution in [2.45, 2.75) is 19.5 Å². The third-order valence-electron chi connectivity index (χ3n) is 4.36. The first-order valence-electron chi connectivity index (χ1n) is 8.13. The fraction of sp³-hybridized carbons (Fsp3) is 0.211. The molecule has 25 heavy (non-hydrogen) atoms. The molecule has 0 atom stereocenters. The predicted octanol–water partition coefficient (Wildman–Crippen LogP) is 3.35. The van der Waals surface area contributed by atoms with Gasteiger partial charge in [-0.15, -0.1) is 0 Å². The normalized spacial score (nSPS) is 17.0. The number of hydrogen-bond acceptors (Lipinski definition) is 4. The molecule has 3 heterocycles. The summed E-state index contributed by atoms with van der Waals surface area (Å²) in [5.41, 5.74) is 2.95. The van der Waals surface area contributed by atoms with Gasteiger partial charge in [0.05, 0.1) is 18.3 Å². The summed E-state index contributed by atoms with van der Waals surface area (Å²) in [5.74, 6) is 0.605. The van der Waals surface area contributed by atoms with E-state index in [4.69, 9.17) is 5.26 Å². The first-order valence-corrected chi connectivity index (χ1v) is 8.13. The largest absolute Gasteiger partial charge is 0.362 e. The van der Waals surface area contributed by atoms with Crippen molar-refractivity contribution in [3.05, 3.63) is 71.7 Å². The van der Waals surface area contributed by atoms with Crippen LogP contribution in [0.1, 0.15) is 12.2 Å². The maximum absolute atomic E-state index is 13.9. The third kappa shape index (κ3) is 3.09. The van der Waals surface area contributed by atoms with Crippen molar-refractivity contribution in [1.29, 1.82) is 5.26 Å². The SMILES string of the molecule is N#CC1=CC(N2CCn3cc(-c4ccccn4)nc3C2)=CC(F)=CC1. The Labute approximate surface area is 145 Å². The number of rotatable bonds is 2. The van der Waals surface area contributed by atoms with E-state index < -0.39 is 0 Å². The number of nitrogens with zero attached hydrogens (tertiary/aromatic N) is 5. The molecule has 0 N–H and O–H groups in total. The minimum atomic E-state index is -0.306. The average molecular weight is 333 g/mol. The molecule has 0 spiro atoms. The van der Waals surface area contributed by atoms with Gasteiger partial charge in [-0.2, -0.15) is 5.26 Å². The average Bonchev–Trinajstić information content (AvgIpc) is 2.98. The smallest absolute Gasteiger partial charge is 0.129 e. The molecule has 0 saturated carbocycles. The molecule has 1 aliphatic heterocycles. The fourth-order valence-corrected chi connectivity index (χ4v) is 3.06. The van der Waals surface area contributed by atoms with E-state index in [0.717, 1.165) is 36.0 Å². The minimum absolute atomic E-state index is 0.306. The topological polar surface area (TPSA) is 57.7 Å². The number of imidazole rings is 1. The van der Waals surface area contributed by atoms with Crippen LogP contribution in [0.25, 0.3) is 11.4 Å². The number of halogens is 1. The van der Waals surface area contributed by atoms with Crippen LogP contribution in [0.15, 0.2) is 65.9 Å². The lowest BCUT2D eigenvalue weighted by atomic mass is 10.2. The summed E-state index contributed by atoms with van der Waals surface area (Å²) >= 11 is 0. The molecule has 2 aromatic heterocycles. The fourth-order valence-electron chi connectivity index (χ4n) is 3.06. The number of fused-ring (bicyclic) bond motifs is 1. The molecule has 1 aliphatic carbocycles. The summed E-state index contributed by atoms with van der Waals surface area (Å²) in [6.45, 7) is 2.06. The van der Waals surface area contributed by atoms with Gasteiger partial charge in [-0.1, -0.05) is 6.07 Å². The maximum Gasteiger partial charge on any atom is 0.129 e. The number of aromatic nitrogens is 3. The molecule has 0 unspecified atom stereocenters. The quantitative estimate of drug-likeness (QED) is 0.846. The molecule has 0 radical (unpaired) electrons. The van der Waals surface area contributed by atoms with Crippen molar-refractivity contribution < 1.29 is 4.39 Å². The van der Waals surface area contributed by atoms with Crippen molar-refractivity contribution in [3.63, 3.8) is 0 Å². The van der Waals surface area contributed by atoms with Gasteiger partial charge in [0.25, 0.3) is 0 Å². The van der Waals surface area contributed by atoms with E-state index in [1.165, 1.54) is 12.2 Å². The highest BCUT2D eigenvalue weighted by Gasteiger charge is 2.21. The molecule has 2 aromatic rings. The zero-order chi connectivity index (χ0) is 17.2. The van der Waals surface area contributed by atoms with Gasteiger partial charge >= 0.3 is 0 Å². The van der Waals surface area contributed by atoms with Gasteiger partial charge in [0.1, 0.15) is 17.3 Å². The second-order valence-corrected chi connectivity index (χ2v) is 6.02. The second-order valence-electron chi connectivity index (χ2n) is 6.02. The van der Waals surface area contributed by atoms with E-state index in [-0.39, 0.29) is 5.83 Å². The third-order valence-corrected chi connectivity index (χ3v) is 4.36. The van der Waals surface area contributed by atoms with Crippen LogP contribution in [0, 0.1) is 11.3 Å². The Balaban J connectivity index is 1.62. The first kappa shape index (κ1) is 15.3. The van der Waals surface area contributed by atoms with Crippen LogP contribution >= 0.6 is 0 Å². The van der Waals surface area contributed by atoms with Gasteiger partial charge in [-0.3, -0.25) is 4.98 Å². The van der Waals surface area contributed by atoms with E-state index in [9.17, 15) is 4.39 Å². The number of allylic oxidation sites excluding steroid dienone is 5. The molecule has 0 amide bonds. The van der Waals surface area contributed by atoms with Gasteiger partial charge in [0.2, 0.25) is 0 Å². The summed E-state index contributed by atoms with van der Waals surface area (Å²) < 4.78 is 16.0. The Kier molecular flexibility index (Phi) is 3.90. The molecule has 0 aromatic carbocycles. The lowest BCUT2D eigenvalue weighted by Gasteiger charge is -2.30. The standard InChI is InChI=1S/C19H16FN5/c20-15-5-4-14(11-21)9-16(10-15)24-7-8-25-12-18(23-19(25)13-24)17-3-1-2-6-22-17/h1-3,5-6,9-10,12H,4,7-8,13H2. The molecule has 124 valence electrons. The molecule has 0 bridgehead atoms. The van der Waals surface area contributed by atoms with Crippen molar-refractivity contribution >= 4 is 0 Å². The van der Waals surface area contributed by atoms with Crippen molar-refractivity contribution in [3.8, 4) is 17.5 Å². The molecular formula is C19H16FN5. The predicted molar refractivity (Wildman–Crippen MR) is 91.5 cm³/mol. The summed E-state index contributed by atoms with van der Waals surface area (Å²) in [4.78, 5) is 11.1. The molecular weight excluding hydrogens is 317 g/mol. The molecule has 0 fully saturated rings. The molecule has 0 saturated heterocycles. The Morgan fingerprint density at radius 2 is 2.08 bits per heavy atom. The first-order chi connectivity index (χ1) is 12.2. The van der Waals surface area contributed by atoms with Crippen LogP contribution in [0.5, 0.6) is 0 Å². The van der Waals surface area contributed by atoms with Gasteiger partial charge < -0.3 is 9.47 Å². The highest BCUT2D eigenvalue weighted by atomic mass is 19.1. The van der Waals surface area contributed by atoms with E-state index >= 15 is 0 Å². The van der Waals surface area contributed by atoms with Crippen molar-refractivity contribution in [2.75, 3.05) is 6.54 Å². The van der Waals surface area contributed by atoms with E-state index in [2.05, 4.69) is 25.5 Å². The van der Waals surface area contributed by atoms with Gasteiger partial charge in [0.15, 0.2) is 0 Å². The van der Waals surface area contributed by atoms with Crippen LogP contribution in [0.2, 0.25) is 0 Å². The Bertz CT molecular complexity index is 930. The van der Waals surface area contributed by atoms with Crippen LogP contribution in [-0.4, -0.2) is 26.0 Å². The molecule has 6 heteroatoms. The number of nitriles is 1. The van der Waals surface area contributed by atoms with E-state index in [1.54, 1.807) is 12.3 Å².